The highest BCUT2D eigenvalue weighted by atomic mass is 32.1. The summed E-state index contributed by atoms with van der Waals surface area (Å²) in [6.07, 6.45) is 1.18. The van der Waals surface area contributed by atoms with Gasteiger partial charge >= 0.3 is 5.00 Å². The second-order valence-electron chi connectivity index (χ2n) is 4.52. The summed E-state index contributed by atoms with van der Waals surface area (Å²) in [6.45, 7) is 7.19. The molecule has 0 spiro atoms. The molecular formula is C14H17N5O3S. The smallest absolute Gasteiger partial charge is 0.274 e. The average Bonchev–Trinajstić information content (AvgIpc) is 3.00. The van der Waals surface area contributed by atoms with Crippen LogP contribution in [0.15, 0.2) is 34.6 Å². The van der Waals surface area contributed by atoms with Crippen LogP contribution in [0.25, 0.3) is 0 Å². The van der Waals surface area contributed by atoms with Gasteiger partial charge in [0.1, 0.15) is 6.20 Å². The van der Waals surface area contributed by atoms with Gasteiger partial charge in [-0.2, -0.15) is 0 Å². The lowest BCUT2D eigenvalue weighted by Gasteiger charge is -2.21. The third kappa shape index (κ3) is 4.30. The number of rotatable bonds is 7. The lowest BCUT2D eigenvalue weighted by atomic mass is 10.2. The van der Waals surface area contributed by atoms with Gasteiger partial charge in [-0.05, 0) is 55.9 Å². The number of benzene rings is 1. The molecule has 2 rings (SSSR count). The minimum atomic E-state index is -0.496. The Kier molecular flexibility index (Phi) is 5.72. The van der Waals surface area contributed by atoms with Crippen LogP contribution >= 0.6 is 11.3 Å². The van der Waals surface area contributed by atoms with E-state index in [-0.39, 0.29) is 10.1 Å². The number of aromatic nitrogens is 1. The van der Waals surface area contributed by atoms with Gasteiger partial charge in [0.05, 0.1) is 22.9 Å². The van der Waals surface area contributed by atoms with Crippen LogP contribution in [0.5, 0.6) is 0 Å². The fraction of sp³-hybridized carbons (Fsp3) is 0.357. The largest absolute Gasteiger partial charge is 0.345 e. The molecule has 0 radical (unpaired) electrons. The number of hydroxylamine groups is 1. The van der Waals surface area contributed by atoms with E-state index in [1.54, 1.807) is 5.06 Å². The summed E-state index contributed by atoms with van der Waals surface area (Å²) in [5.74, 6) is 0. The highest BCUT2D eigenvalue weighted by Gasteiger charge is 2.11. The molecule has 1 heterocycles. The lowest BCUT2D eigenvalue weighted by molar-refractivity contribution is -0.380. The second-order valence-corrected chi connectivity index (χ2v) is 5.51. The summed E-state index contributed by atoms with van der Waals surface area (Å²) >= 11 is 0.886. The number of nitro groups is 1. The molecule has 23 heavy (non-hydrogen) atoms. The first-order valence-electron chi connectivity index (χ1n) is 7.08. The van der Waals surface area contributed by atoms with Crippen molar-refractivity contribution in [1.82, 2.24) is 4.98 Å². The van der Waals surface area contributed by atoms with E-state index >= 15 is 0 Å². The second kappa shape index (κ2) is 7.75. The van der Waals surface area contributed by atoms with Crippen LogP contribution in [-0.4, -0.2) is 23.1 Å². The van der Waals surface area contributed by atoms with Crippen molar-refractivity contribution >= 4 is 32.8 Å². The first-order chi connectivity index (χ1) is 11.0. The van der Waals surface area contributed by atoms with Gasteiger partial charge in [0.25, 0.3) is 0 Å². The predicted octanol–water partition coefficient (Wildman–Crippen LogP) is 4.55. The Morgan fingerprint density at radius 1 is 1.39 bits per heavy atom. The van der Waals surface area contributed by atoms with E-state index in [1.807, 2.05) is 39.0 Å². The van der Waals surface area contributed by atoms with E-state index in [0.717, 1.165) is 29.1 Å². The van der Waals surface area contributed by atoms with Gasteiger partial charge in [-0.3, -0.25) is 20.0 Å². The molecule has 0 fully saturated rings. The van der Waals surface area contributed by atoms with Crippen LogP contribution in [0.1, 0.15) is 19.4 Å². The standard InChI is InChI=1S/C14H17N5O3S/c1-4-18(22-5-2)11-6-7-12(10(3)8-11)16-17-14-15-9-13(23-14)19(20)21/h6-9H,4-5H2,1-3H3. The molecule has 1 aromatic heterocycles. The van der Waals surface area contributed by atoms with Gasteiger partial charge in [-0.15, -0.1) is 10.2 Å². The van der Waals surface area contributed by atoms with Gasteiger partial charge < -0.3 is 0 Å². The summed E-state index contributed by atoms with van der Waals surface area (Å²) in [4.78, 5) is 19.5. The van der Waals surface area contributed by atoms with Gasteiger partial charge in [0.15, 0.2) is 0 Å². The van der Waals surface area contributed by atoms with E-state index < -0.39 is 4.92 Å². The summed E-state index contributed by atoms with van der Waals surface area (Å²) in [5.41, 5.74) is 2.55. The molecule has 0 amide bonds. The van der Waals surface area contributed by atoms with Crippen molar-refractivity contribution in [3.05, 3.63) is 40.1 Å². The Morgan fingerprint density at radius 3 is 2.74 bits per heavy atom. The zero-order valence-electron chi connectivity index (χ0n) is 13.1. The predicted molar refractivity (Wildman–Crippen MR) is 88.8 cm³/mol. The van der Waals surface area contributed by atoms with E-state index in [4.69, 9.17) is 4.84 Å². The van der Waals surface area contributed by atoms with Crippen molar-refractivity contribution < 1.29 is 9.76 Å². The molecule has 0 aliphatic heterocycles. The average molecular weight is 335 g/mol. The summed E-state index contributed by atoms with van der Waals surface area (Å²) in [7, 11) is 0. The van der Waals surface area contributed by atoms with Crippen LogP contribution < -0.4 is 5.06 Å². The Bertz CT molecular complexity index is 716. The molecule has 0 aliphatic carbocycles. The third-order valence-electron chi connectivity index (χ3n) is 2.95. The number of hydrogen-bond acceptors (Lipinski definition) is 8. The minimum Gasteiger partial charge on any atom is -0.274 e. The SMILES string of the molecule is CCON(CC)c1ccc(N=Nc2ncc([N+](=O)[O-])s2)c(C)c1. The van der Waals surface area contributed by atoms with Gasteiger partial charge in [-0.25, -0.2) is 4.98 Å². The highest BCUT2D eigenvalue weighted by molar-refractivity contribution is 7.18. The van der Waals surface area contributed by atoms with Crippen molar-refractivity contribution in [2.24, 2.45) is 10.2 Å². The molecule has 122 valence electrons. The summed E-state index contributed by atoms with van der Waals surface area (Å²) in [6, 6.07) is 5.68. The molecular weight excluding hydrogens is 318 g/mol. The molecule has 1 aromatic carbocycles. The Morgan fingerprint density at radius 2 is 2.17 bits per heavy atom. The number of anilines is 1. The van der Waals surface area contributed by atoms with Crippen LogP contribution in [0.3, 0.4) is 0 Å². The molecule has 0 N–H and O–H groups in total. The molecule has 9 heteroatoms. The van der Waals surface area contributed by atoms with Crippen molar-refractivity contribution in [2.45, 2.75) is 20.8 Å². The zero-order chi connectivity index (χ0) is 16.8. The minimum absolute atomic E-state index is 0.0543. The maximum atomic E-state index is 10.6. The van der Waals surface area contributed by atoms with Gasteiger partial charge in [0, 0.05) is 6.54 Å². The number of thiazole rings is 1. The summed E-state index contributed by atoms with van der Waals surface area (Å²) < 4.78 is 0. The Hall–Kier alpha value is -2.39. The molecule has 0 atom stereocenters. The van der Waals surface area contributed by atoms with Crippen LogP contribution in [0, 0.1) is 17.0 Å². The molecule has 0 unspecified atom stereocenters. The van der Waals surface area contributed by atoms with Crippen molar-refractivity contribution in [3.63, 3.8) is 0 Å². The Balaban J connectivity index is 2.16. The van der Waals surface area contributed by atoms with Crippen molar-refractivity contribution in [2.75, 3.05) is 18.2 Å². The van der Waals surface area contributed by atoms with E-state index in [9.17, 15) is 10.1 Å². The first-order valence-corrected chi connectivity index (χ1v) is 7.89. The fourth-order valence-corrected chi connectivity index (χ4v) is 2.45. The van der Waals surface area contributed by atoms with Crippen molar-refractivity contribution in [3.8, 4) is 0 Å². The first kappa shape index (κ1) is 17.0. The quantitative estimate of drug-likeness (QED) is 0.420. The van der Waals surface area contributed by atoms with Crippen LogP contribution in [0.2, 0.25) is 0 Å². The fourth-order valence-electron chi connectivity index (χ4n) is 1.90. The maximum absolute atomic E-state index is 10.6. The van der Waals surface area contributed by atoms with Gasteiger partial charge in [-0.1, -0.05) is 0 Å². The number of aryl methyl sites for hydroxylation is 1. The summed E-state index contributed by atoms with van der Waals surface area (Å²) in [5, 5.41) is 20.7. The van der Waals surface area contributed by atoms with Crippen LogP contribution in [0.4, 0.5) is 21.5 Å². The lowest BCUT2D eigenvalue weighted by Crippen LogP contribution is -2.22. The molecule has 0 bridgehead atoms. The molecule has 2 aromatic rings. The van der Waals surface area contributed by atoms with E-state index in [2.05, 4.69) is 15.2 Å². The van der Waals surface area contributed by atoms with Crippen molar-refractivity contribution in [1.29, 1.82) is 0 Å². The molecule has 0 saturated carbocycles. The molecule has 0 aliphatic rings. The normalized spacial score (nSPS) is 11.1. The van der Waals surface area contributed by atoms with E-state index in [0.29, 0.717) is 12.3 Å². The number of nitrogens with zero attached hydrogens (tertiary/aromatic N) is 5. The Labute approximate surface area is 137 Å². The molecule has 0 saturated heterocycles. The third-order valence-corrected chi connectivity index (χ3v) is 3.78. The topological polar surface area (TPSA) is 93.2 Å². The maximum Gasteiger partial charge on any atom is 0.345 e. The monoisotopic (exact) mass is 335 g/mol. The van der Waals surface area contributed by atoms with Gasteiger partial charge in [0.2, 0.25) is 5.13 Å². The zero-order valence-corrected chi connectivity index (χ0v) is 13.9. The number of hydrogen-bond donors (Lipinski definition) is 0. The van der Waals surface area contributed by atoms with Crippen LogP contribution in [-0.2, 0) is 4.84 Å². The van der Waals surface area contributed by atoms with E-state index in [1.165, 1.54) is 6.20 Å². The number of azo groups is 1. The highest BCUT2D eigenvalue weighted by Crippen LogP contribution is 2.30. The molecule has 8 nitrogen and oxygen atoms in total.